The van der Waals surface area contributed by atoms with Crippen LogP contribution in [-0.2, 0) is 27.9 Å². The monoisotopic (exact) mass is 1270 g/mol. The summed E-state index contributed by atoms with van der Waals surface area (Å²) in [7, 11) is 1.50. The Balaban J connectivity index is 4.91. The van der Waals surface area contributed by atoms with Gasteiger partial charge in [-0.2, -0.15) is 0 Å². The van der Waals surface area contributed by atoms with Gasteiger partial charge in [0.15, 0.2) is 0 Å². The molecule has 0 saturated heterocycles. The molecule has 0 radical (unpaired) electrons. The van der Waals surface area contributed by atoms with Crippen molar-refractivity contribution in [2.24, 2.45) is 0 Å². The summed E-state index contributed by atoms with van der Waals surface area (Å²) in [5.41, 5.74) is 0. The Bertz CT molecular complexity index is 1700. The van der Waals surface area contributed by atoms with Gasteiger partial charge < -0.3 is 19.4 Å². The zero-order valence-corrected chi connectivity index (χ0v) is 60.8. The average Bonchev–Trinajstić information content (AvgIpc) is 3.62. The summed E-state index contributed by atoms with van der Waals surface area (Å²) in [6, 6.07) is -0.852. The molecule has 0 aliphatic heterocycles. The molecule has 3 atom stereocenters. The molecule has 9 nitrogen and oxygen atoms in total. The molecule has 0 aliphatic rings. The molecule has 0 aromatic rings. The predicted octanol–water partition coefficient (Wildman–Crippen LogP) is 24.9. The quantitative estimate of drug-likeness (QED) is 0.0205. The van der Waals surface area contributed by atoms with Gasteiger partial charge in [0.25, 0.3) is 0 Å². The fourth-order valence-corrected chi connectivity index (χ4v) is 12.3. The second kappa shape index (κ2) is 68.6. The molecule has 0 aromatic carbocycles. The average molecular weight is 1270 g/mol. The predicted molar refractivity (Wildman–Crippen MR) is 388 cm³/mol. The number of hydrogen-bond acceptors (Lipinski definition) is 6. The molecule has 89 heavy (non-hydrogen) atoms. The number of nitrogens with zero attached hydrogens (tertiary/aromatic N) is 1. The Labute approximate surface area is 553 Å². The fraction of sp³-hybridized carbons (Fsp3) is 0.848. The SMILES string of the molecule is CCCCC/C=C\C/C=C\C/C=C\C/C=C\CCCCCCCCCCCC(=O)NC(COP(=O)(O)OCC[N+](C)(C)C)C(/C=C/CCCCCCCCCCC)OC(=O)CCCCCCCCCCCCCCCCCCCCCCCCCCCCC. The number of likely N-dealkylation sites (N-methyl/N-ethyl adjacent to an activating group) is 1. The Hall–Kier alpha value is -2.29. The van der Waals surface area contributed by atoms with Crippen LogP contribution in [0.5, 0.6) is 0 Å². The molecular formula is C79H150N2O7P+. The minimum Gasteiger partial charge on any atom is -0.456 e. The van der Waals surface area contributed by atoms with E-state index in [4.69, 9.17) is 13.8 Å². The lowest BCUT2D eigenvalue weighted by atomic mass is 10.0. The fourth-order valence-electron chi connectivity index (χ4n) is 11.5. The second-order valence-electron chi connectivity index (χ2n) is 27.5. The third-order valence-electron chi connectivity index (χ3n) is 17.5. The van der Waals surface area contributed by atoms with Crippen LogP contribution in [0, 0.1) is 0 Å². The number of ether oxygens (including phenoxy) is 1. The molecule has 0 rings (SSSR count). The van der Waals surface area contributed by atoms with E-state index in [1.54, 1.807) is 0 Å². The Morgan fingerprint density at radius 1 is 0.393 bits per heavy atom. The maximum absolute atomic E-state index is 13.6. The van der Waals surface area contributed by atoms with E-state index in [-0.39, 0.29) is 25.1 Å². The number of amides is 1. The van der Waals surface area contributed by atoms with Crippen molar-refractivity contribution in [2.45, 2.75) is 392 Å². The van der Waals surface area contributed by atoms with E-state index in [2.05, 4.69) is 74.7 Å². The van der Waals surface area contributed by atoms with Gasteiger partial charge in [-0.05, 0) is 76.7 Å². The van der Waals surface area contributed by atoms with Crippen LogP contribution in [0.15, 0.2) is 60.8 Å². The minimum absolute atomic E-state index is 0.0395. The van der Waals surface area contributed by atoms with Crippen molar-refractivity contribution < 1.29 is 37.3 Å². The largest absolute Gasteiger partial charge is 0.472 e. The van der Waals surface area contributed by atoms with Crippen LogP contribution in [0.25, 0.3) is 0 Å². The Morgan fingerprint density at radius 2 is 0.685 bits per heavy atom. The zero-order valence-electron chi connectivity index (χ0n) is 59.9. The van der Waals surface area contributed by atoms with E-state index < -0.39 is 20.0 Å². The number of nitrogens with one attached hydrogen (secondary N) is 1. The summed E-state index contributed by atoms with van der Waals surface area (Å²) >= 11 is 0. The van der Waals surface area contributed by atoms with Crippen LogP contribution in [0.2, 0.25) is 0 Å². The van der Waals surface area contributed by atoms with Gasteiger partial charge in [-0.15, -0.1) is 0 Å². The lowest BCUT2D eigenvalue weighted by molar-refractivity contribution is -0.870. The second-order valence-corrected chi connectivity index (χ2v) is 29.0. The zero-order chi connectivity index (χ0) is 64.9. The van der Waals surface area contributed by atoms with E-state index in [1.165, 1.54) is 257 Å². The molecule has 0 spiro atoms. The molecule has 0 bridgehead atoms. The standard InChI is InChI=1S/C79H149N2O7P/c1-7-10-13-16-19-22-25-27-29-31-33-35-37-39-40-42-44-46-48-50-52-54-57-60-63-66-69-72-79(83)88-77(70-67-64-61-58-55-24-21-18-15-12-9-3)76(75-87-89(84,85)86-74-73-81(4,5)6)80-78(82)71-68-65-62-59-56-53-51-49-47-45-43-41-38-36-34-32-30-28-26-23-20-17-14-11-8-2/h20,23,28,30,34,36,41,43,67,70,76-77H,7-19,21-22,24-27,29,31-33,35,37-40,42,44-66,68-69,71-75H2,1-6H3,(H-,80,82,84,85)/p+1/b23-20-,30-28-,36-34-,43-41-,70-67+. The van der Waals surface area contributed by atoms with Crippen molar-refractivity contribution >= 4 is 19.7 Å². The van der Waals surface area contributed by atoms with E-state index >= 15 is 0 Å². The van der Waals surface area contributed by atoms with E-state index in [9.17, 15) is 19.0 Å². The number of phosphoric acid groups is 1. The first-order chi connectivity index (χ1) is 43.4. The van der Waals surface area contributed by atoms with Gasteiger partial charge in [0.2, 0.25) is 5.91 Å². The lowest BCUT2D eigenvalue weighted by Gasteiger charge is -2.27. The molecule has 1 amide bonds. The highest BCUT2D eigenvalue weighted by Gasteiger charge is 2.30. The van der Waals surface area contributed by atoms with Gasteiger partial charge in [0, 0.05) is 12.8 Å². The third kappa shape index (κ3) is 69.9. The van der Waals surface area contributed by atoms with E-state index in [1.807, 2.05) is 33.3 Å². The summed E-state index contributed by atoms with van der Waals surface area (Å²) in [5, 5.41) is 3.08. The van der Waals surface area contributed by atoms with Gasteiger partial charge in [0.1, 0.15) is 19.3 Å². The van der Waals surface area contributed by atoms with Crippen LogP contribution in [0.4, 0.5) is 0 Å². The van der Waals surface area contributed by atoms with Crippen molar-refractivity contribution in [3.8, 4) is 0 Å². The molecular weight excluding hydrogens is 1120 g/mol. The van der Waals surface area contributed by atoms with Crippen molar-refractivity contribution in [3.63, 3.8) is 0 Å². The van der Waals surface area contributed by atoms with Crippen molar-refractivity contribution in [3.05, 3.63) is 60.8 Å². The normalized spacial score (nSPS) is 13.7. The van der Waals surface area contributed by atoms with Crippen LogP contribution < -0.4 is 5.32 Å². The molecule has 10 heteroatoms. The summed E-state index contributed by atoms with van der Waals surface area (Å²) in [5.74, 6) is -0.495. The van der Waals surface area contributed by atoms with Gasteiger partial charge in [-0.1, -0.05) is 352 Å². The van der Waals surface area contributed by atoms with E-state index in [0.29, 0.717) is 23.9 Å². The van der Waals surface area contributed by atoms with Crippen molar-refractivity contribution in [1.82, 2.24) is 5.32 Å². The van der Waals surface area contributed by atoms with Crippen LogP contribution in [-0.4, -0.2) is 74.3 Å². The molecule has 522 valence electrons. The van der Waals surface area contributed by atoms with Crippen LogP contribution >= 0.6 is 7.82 Å². The number of hydrogen-bond donors (Lipinski definition) is 2. The molecule has 0 heterocycles. The first-order valence-electron chi connectivity index (χ1n) is 38.6. The van der Waals surface area contributed by atoms with Gasteiger partial charge in [-0.3, -0.25) is 18.6 Å². The lowest BCUT2D eigenvalue weighted by Crippen LogP contribution is -2.47. The molecule has 0 fully saturated rings. The number of phosphoric ester groups is 1. The number of unbranched alkanes of at least 4 members (excludes halogenated alkanes) is 47. The maximum Gasteiger partial charge on any atom is 0.472 e. The summed E-state index contributed by atoms with van der Waals surface area (Å²) < 4.78 is 30.9. The first kappa shape index (κ1) is 86.7. The van der Waals surface area contributed by atoms with Crippen molar-refractivity contribution in [1.29, 1.82) is 0 Å². The number of rotatable bonds is 71. The third-order valence-corrected chi connectivity index (χ3v) is 18.4. The maximum atomic E-state index is 13.6. The van der Waals surface area contributed by atoms with Gasteiger partial charge in [0.05, 0.1) is 33.8 Å². The highest BCUT2D eigenvalue weighted by molar-refractivity contribution is 7.47. The number of quaternary nitrogens is 1. The number of carbonyl (C=O) groups is 2. The highest BCUT2D eigenvalue weighted by Crippen LogP contribution is 2.43. The summed E-state index contributed by atoms with van der Waals surface area (Å²) in [6.07, 6.45) is 89.7. The highest BCUT2D eigenvalue weighted by atomic mass is 31.2. The topological polar surface area (TPSA) is 111 Å². The first-order valence-corrected chi connectivity index (χ1v) is 40.1. The number of allylic oxidation sites excluding steroid dienone is 9. The van der Waals surface area contributed by atoms with Gasteiger partial charge >= 0.3 is 13.8 Å². The summed E-state index contributed by atoms with van der Waals surface area (Å²) in [4.78, 5) is 38.0. The Morgan fingerprint density at radius 3 is 1.04 bits per heavy atom. The number of carbonyl (C=O) groups excluding carboxylic acids is 2. The van der Waals surface area contributed by atoms with Crippen molar-refractivity contribution in [2.75, 3.05) is 40.9 Å². The van der Waals surface area contributed by atoms with Crippen LogP contribution in [0.1, 0.15) is 380 Å². The smallest absolute Gasteiger partial charge is 0.456 e. The molecule has 0 saturated carbocycles. The molecule has 0 aliphatic carbocycles. The summed E-state index contributed by atoms with van der Waals surface area (Å²) in [6.45, 7) is 7.03. The Kier molecular flexibility index (Phi) is 66.8. The molecule has 0 aromatic heterocycles. The molecule has 2 N–H and O–H groups in total. The number of esters is 1. The molecule has 3 unspecified atom stereocenters. The van der Waals surface area contributed by atoms with Crippen LogP contribution in [0.3, 0.4) is 0 Å². The van der Waals surface area contributed by atoms with Gasteiger partial charge in [-0.25, -0.2) is 4.57 Å². The minimum atomic E-state index is -4.46. The van der Waals surface area contributed by atoms with E-state index in [0.717, 1.165) is 89.9 Å².